The highest BCUT2D eigenvalue weighted by Gasteiger charge is 2.25. The standard InChI is InChI=1S/C8H9N3O3S2/c9-5(3-15)7(12)4-1-2-10-8(16)6(4)11(13)14/h1-2,5,15H,3,9H2,(H,10,16)/t5-/m0/s1. The van der Waals surface area contributed by atoms with Gasteiger partial charge in [-0.1, -0.05) is 12.2 Å². The van der Waals surface area contributed by atoms with Gasteiger partial charge >= 0.3 is 5.69 Å². The maximum absolute atomic E-state index is 11.7. The molecule has 0 fully saturated rings. The van der Waals surface area contributed by atoms with Crippen molar-refractivity contribution in [2.24, 2.45) is 5.73 Å². The lowest BCUT2D eigenvalue weighted by Crippen LogP contribution is -2.32. The van der Waals surface area contributed by atoms with Gasteiger partial charge in [-0.2, -0.15) is 12.6 Å². The molecule has 1 rings (SSSR count). The molecular weight excluding hydrogens is 250 g/mol. The minimum Gasteiger partial charge on any atom is -0.347 e. The van der Waals surface area contributed by atoms with Crippen LogP contribution in [0, 0.1) is 14.8 Å². The first-order chi connectivity index (χ1) is 7.49. The molecule has 0 bridgehead atoms. The molecule has 1 atom stereocenters. The van der Waals surface area contributed by atoms with Gasteiger partial charge in [0, 0.05) is 11.9 Å². The molecule has 86 valence electrons. The summed E-state index contributed by atoms with van der Waals surface area (Å²) in [6, 6.07) is 0.415. The number of aromatic nitrogens is 1. The summed E-state index contributed by atoms with van der Waals surface area (Å²) in [6.07, 6.45) is 1.37. The first-order valence-corrected chi connectivity index (χ1v) is 5.29. The first-order valence-electron chi connectivity index (χ1n) is 4.25. The smallest absolute Gasteiger partial charge is 0.314 e. The van der Waals surface area contributed by atoms with Crippen LogP contribution in [-0.2, 0) is 0 Å². The predicted octanol–water partition coefficient (Wildman–Crippen LogP) is 1.09. The van der Waals surface area contributed by atoms with E-state index in [0.717, 1.165) is 0 Å². The van der Waals surface area contributed by atoms with E-state index in [2.05, 4.69) is 17.6 Å². The second-order valence-electron chi connectivity index (χ2n) is 2.98. The van der Waals surface area contributed by atoms with Crippen molar-refractivity contribution < 1.29 is 9.72 Å². The van der Waals surface area contributed by atoms with Gasteiger partial charge in [-0.25, -0.2) is 0 Å². The summed E-state index contributed by atoms with van der Waals surface area (Å²) in [6.45, 7) is 0. The van der Waals surface area contributed by atoms with E-state index < -0.39 is 22.4 Å². The SMILES string of the molecule is N[C@@H](CS)C(=O)c1cc[nH]c(=S)c1[N+](=O)[O-]. The van der Waals surface area contributed by atoms with E-state index in [1.165, 1.54) is 12.3 Å². The molecule has 8 heteroatoms. The zero-order valence-corrected chi connectivity index (χ0v) is 9.75. The molecule has 16 heavy (non-hydrogen) atoms. The highest BCUT2D eigenvalue weighted by molar-refractivity contribution is 7.80. The maximum atomic E-state index is 11.7. The number of carbonyl (C=O) groups excluding carboxylic acids is 1. The Bertz CT molecular complexity index is 486. The molecule has 0 unspecified atom stereocenters. The number of carbonyl (C=O) groups is 1. The van der Waals surface area contributed by atoms with Crippen molar-refractivity contribution in [3.63, 3.8) is 0 Å². The van der Waals surface area contributed by atoms with Crippen LogP contribution in [-0.4, -0.2) is 27.5 Å². The van der Waals surface area contributed by atoms with Crippen LogP contribution in [0.5, 0.6) is 0 Å². The monoisotopic (exact) mass is 259 g/mol. The van der Waals surface area contributed by atoms with Gasteiger partial charge in [0.05, 0.1) is 11.0 Å². The number of thiol groups is 1. The summed E-state index contributed by atoms with van der Waals surface area (Å²) in [4.78, 5) is 24.3. The van der Waals surface area contributed by atoms with Crippen LogP contribution < -0.4 is 5.73 Å². The second kappa shape index (κ2) is 5.19. The lowest BCUT2D eigenvalue weighted by Gasteiger charge is -2.07. The molecule has 3 N–H and O–H groups in total. The molecule has 0 aromatic carbocycles. The lowest BCUT2D eigenvalue weighted by atomic mass is 10.1. The van der Waals surface area contributed by atoms with E-state index in [1.54, 1.807) is 0 Å². The third-order valence-electron chi connectivity index (χ3n) is 1.92. The quantitative estimate of drug-likeness (QED) is 0.247. The van der Waals surface area contributed by atoms with Crippen molar-refractivity contribution in [2.45, 2.75) is 6.04 Å². The Hall–Kier alpha value is -1.25. The molecule has 1 aromatic heterocycles. The van der Waals surface area contributed by atoms with Crippen molar-refractivity contribution in [3.8, 4) is 0 Å². The number of nitrogens with one attached hydrogen (secondary N) is 1. The molecule has 0 saturated carbocycles. The molecule has 0 radical (unpaired) electrons. The number of ketones is 1. The largest absolute Gasteiger partial charge is 0.347 e. The van der Waals surface area contributed by atoms with Crippen LogP contribution >= 0.6 is 24.8 Å². The zero-order chi connectivity index (χ0) is 12.3. The highest BCUT2D eigenvalue weighted by atomic mass is 32.1. The molecular formula is C8H9N3O3S2. The van der Waals surface area contributed by atoms with Crippen LogP contribution in [0.4, 0.5) is 5.69 Å². The zero-order valence-electron chi connectivity index (χ0n) is 8.04. The predicted molar refractivity (Wildman–Crippen MR) is 64.4 cm³/mol. The minimum absolute atomic E-state index is 0.0877. The number of Topliss-reactive ketones (excluding diaryl/α,β-unsaturated/α-hetero) is 1. The van der Waals surface area contributed by atoms with Crippen LogP contribution in [0.3, 0.4) is 0 Å². The Morgan fingerprint density at radius 3 is 2.88 bits per heavy atom. The summed E-state index contributed by atoms with van der Waals surface area (Å²) in [5.74, 6) is -0.428. The summed E-state index contributed by atoms with van der Waals surface area (Å²) in [7, 11) is 0. The topological polar surface area (TPSA) is 102 Å². The third kappa shape index (κ3) is 2.46. The van der Waals surface area contributed by atoms with Crippen molar-refractivity contribution in [1.29, 1.82) is 0 Å². The van der Waals surface area contributed by atoms with Gasteiger partial charge in [-0.05, 0) is 6.07 Å². The fourth-order valence-corrected chi connectivity index (χ4v) is 1.55. The van der Waals surface area contributed by atoms with Gasteiger partial charge in [0.25, 0.3) is 0 Å². The number of nitrogens with two attached hydrogens (primary N) is 1. The number of aromatic amines is 1. The number of H-pyrrole nitrogens is 1. The van der Waals surface area contributed by atoms with Crippen LogP contribution in [0.1, 0.15) is 10.4 Å². The van der Waals surface area contributed by atoms with Gasteiger partial charge < -0.3 is 10.7 Å². The summed E-state index contributed by atoms with van der Waals surface area (Å²) < 4.78 is -0.0952. The molecule has 0 aliphatic heterocycles. The van der Waals surface area contributed by atoms with Gasteiger partial charge in [0.2, 0.25) is 0 Å². The minimum atomic E-state index is -0.876. The number of nitrogens with zero attached hydrogens (tertiary/aromatic N) is 1. The molecule has 1 heterocycles. The Labute approximate surface area is 101 Å². The molecule has 6 nitrogen and oxygen atoms in total. The van der Waals surface area contributed by atoms with Crippen molar-refractivity contribution in [3.05, 3.63) is 32.6 Å². The van der Waals surface area contributed by atoms with Crippen molar-refractivity contribution in [1.82, 2.24) is 4.98 Å². The molecule has 0 spiro atoms. The average molecular weight is 259 g/mol. The molecule has 1 aromatic rings. The maximum Gasteiger partial charge on any atom is 0.314 e. The van der Waals surface area contributed by atoms with Gasteiger partial charge in [-0.3, -0.25) is 14.9 Å². The molecule has 0 amide bonds. The van der Waals surface area contributed by atoms with Gasteiger partial charge in [0.15, 0.2) is 10.4 Å². The van der Waals surface area contributed by atoms with E-state index in [0.29, 0.717) is 0 Å². The summed E-state index contributed by atoms with van der Waals surface area (Å²) in [5.41, 5.74) is 4.97. The summed E-state index contributed by atoms with van der Waals surface area (Å²) in [5, 5.41) is 10.8. The number of nitro groups is 1. The third-order valence-corrected chi connectivity index (χ3v) is 2.62. The highest BCUT2D eigenvalue weighted by Crippen LogP contribution is 2.19. The Kier molecular flexibility index (Phi) is 4.16. The van der Waals surface area contributed by atoms with Crippen molar-refractivity contribution >= 4 is 36.3 Å². The number of hydrogen-bond acceptors (Lipinski definition) is 6. The Morgan fingerprint density at radius 2 is 2.38 bits per heavy atom. The second-order valence-corrected chi connectivity index (χ2v) is 3.75. The normalized spacial score (nSPS) is 12.1. The molecule has 0 aliphatic rings. The van der Waals surface area contributed by atoms with Crippen LogP contribution in [0.2, 0.25) is 0 Å². The van der Waals surface area contributed by atoms with E-state index in [9.17, 15) is 14.9 Å². The number of hydrogen-bond donors (Lipinski definition) is 3. The van der Waals surface area contributed by atoms with Gasteiger partial charge in [-0.15, -0.1) is 0 Å². The van der Waals surface area contributed by atoms with Crippen molar-refractivity contribution in [2.75, 3.05) is 5.75 Å². The molecule has 0 saturated heterocycles. The fraction of sp³-hybridized carbons (Fsp3) is 0.250. The van der Waals surface area contributed by atoms with E-state index >= 15 is 0 Å². The average Bonchev–Trinajstić information content (AvgIpc) is 2.26. The van der Waals surface area contributed by atoms with Crippen LogP contribution in [0.25, 0.3) is 0 Å². The van der Waals surface area contributed by atoms with E-state index in [-0.39, 0.29) is 16.0 Å². The van der Waals surface area contributed by atoms with E-state index in [4.69, 9.17) is 18.0 Å². The van der Waals surface area contributed by atoms with E-state index in [1.807, 2.05) is 0 Å². The molecule has 0 aliphatic carbocycles. The first kappa shape index (κ1) is 12.8. The fourth-order valence-electron chi connectivity index (χ4n) is 1.13. The lowest BCUT2D eigenvalue weighted by molar-refractivity contribution is -0.385. The Balaban J connectivity index is 3.34. The van der Waals surface area contributed by atoms with Crippen LogP contribution in [0.15, 0.2) is 12.3 Å². The summed E-state index contributed by atoms with van der Waals surface area (Å²) >= 11 is 8.62. The van der Waals surface area contributed by atoms with Gasteiger partial charge in [0.1, 0.15) is 5.56 Å². The number of pyridine rings is 1. The number of rotatable bonds is 4. The Morgan fingerprint density at radius 1 is 1.75 bits per heavy atom.